The second-order valence-electron chi connectivity index (χ2n) is 5.09. The summed E-state index contributed by atoms with van der Waals surface area (Å²) >= 11 is 0. The molecule has 0 bridgehead atoms. The van der Waals surface area contributed by atoms with Crippen LogP contribution in [-0.4, -0.2) is 17.1 Å². The number of anilines is 1. The Kier molecular flexibility index (Phi) is 5.01. The fraction of sp³-hybridized carbons (Fsp3) is 0.500. The van der Waals surface area contributed by atoms with Crippen LogP contribution in [0.3, 0.4) is 0 Å². The molecule has 0 aliphatic carbocycles. The smallest absolute Gasteiger partial charge is 0.255 e. The van der Waals surface area contributed by atoms with Gasteiger partial charge in [0, 0.05) is 6.04 Å². The highest BCUT2D eigenvalue weighted by Gasteiger charge is 2.15. The third-order valence-electron chi connectivity index (χ3n) is 2.87. The van der Waals surface area contributed by atoms with Gasteiger partial charge in [-0.15, -0.1) is 0 Å². The Hall–Kier alpha value is -1.71. The number of phenolic OH excluding ortho intramolecular Hbond substituents is 1. The van der Waals surface area contributed by atoms with Gasteiger partial charge in [-0.05, 0) is 37.8 Å². The van der Waals surface area contributed by atoms with Gasteiger partial charge in [-0.3, -0.25) is 4.79 Å². The first-order valence-electron chi connectivity index (χ1n) is 6.30. The van der Waals surface area contributed by atoms with E-state index < -0.39 is 0 Å². The summed E-state index contributed by atoms with van der Waals surface area (Å²) in [6.07, 6.45) is 1.98. The van der Waals surface area contributed by atoms with Gasteiger partial charge in [-0.1, -0.05) is 19.9 Å². The quantitative estimate of drug-likeness (QED) is 0.555. The number of nitrogens with one attached hydrogen (secondary N) is 1. The molecule has 4 N–H and O–H groups in total. The van der Waals surface area contributed by atoms with Gasteiger partial charge in [0.2, 0.25) is 0 Å². The van der Waals surface area contributed by atoms with Crippen molar-refractivity contribution < 1.29 is 9.90 Å². The molecule has 0 fully saturated rings. The third kappa shape index (κ3) is 3.95. The molecule has 0 spiro atoms. The molecule has 0 aromatic heterocycles. The number of benzene rings is 1. The molecule has 4 heteroatoms. The maximum Gasteiger partial charge on any atom is 0.255 e. The normalized spacial score (nSPS) is 12.4. The van der Waals surface area contributed by atoms with Gasteiger partial charge >= 0.3 is 0 Å². The minimum Gasteiger partial charge on any atom is -0.505 e. The Labute approximate surface area is 108 Å². The highest BCUT2D eigenvalue weighted by molar-refractivity contribution is 5.98. The number of hydrogen-bond acceptors (Lipinski definition) is 3. The van der Waals surface area contributed by atoms with Crippen molar-refractivity contribution in [2.45, 2.75) is 39.7 Å². The highest BCUT2D eigenvalue weighted by atomic mass is 16.3. The molecule has 1 aromatic carbocycles. The Morgan fingerprint density at radius 1 is 1.33 bits per heavy atom. The van der Waals surface area contributed by atoms with Crippen molar-refractivity contribution in [1.82, 2.24) is 5.32 Å². The molecule has 0 aliphatic heterocycles. The molecule has 1 amide bonds. The number of rotatable bonds is 5. The molecule has 1 atom stereocenters. The van der Waals surface area contributed by atoms with Crippen LogP contribution in [0.1, 0.15) is 44.0 Å². The van der Waals surface area contributed by atoms with E-state index >= 15 is 0 Å². The second kappa shape index (κ2) is 6.28. The largest absolute Gasteiger partial charge is 0.505 e. The Morgan fingerprint density at radius 2 is 2.00 bits per heavy atom. The van der Waals surface area contributed by atoms with E-state index in [1.165, 1.54) is 0 Å². The number of para-hydroxylation sites is 1. The lowest BCUT2D eigenvalue weighted by Crippen LogP contribution is -2.32. The SMILES string of the molecule is CC(C)CCC(C)NC(=O)c1cccc(N)c1O. The number of carbonyl (C=O) groups excluding carboxylic acids is 1. The van der Waals surface area contributed by atoms with E-state index in [-0.39, 0.29) is 28.9 Å². The summed E-state index contributed by atoms with van der Waals surface area (Å²) in [6.45, 7) is 6.26. The summed E-state index contributed by atoms with van der Waals surface area (Å²) in [5.41, 5.74) is 6.01. The average Bonchev–Trinajstić information content (AvgIpc) is 2.30. The molecule has 4 nitrogen and oxygen atoms in total. The lowest BCUT2D eigenvalue weighted by Gasteiger charge is -2.15. The van der Waals surface area contributed by atoms with E-state index in [9.17, 15) is 9.90 Å². The summed E-state index contributed by atoms with van der Waals surface area (Å²) in [6, 6.07) is 4.87. The van der Waals surface area contributed by atoms with Crippen molar-refractivity contribution in [1.29, 1.82) is 0 Å². The van der Waals surface area contributed by atoms with E-state index in [0.29, 0.717) is 5.92 Å². The molecular formula is C14H22N2O2. The minimum absolute atomic E-state index is 0.0840. The van der Waals surface area contributed by atoms with Crippen LogP contribution in [0.5, 0.6) is 5.75 Å². The van der Waals surface area contributed by atoms with Gasteiger partial charge in [0.05, 0.1) is 11.3 Å². The van der Waals surface area contributed by atoms with Crippen LogP contribution < -0.4 is 11.1 Å². The number of amides is 1. The molecular weight excluding hydrogens is 228 g/mol. The lowest BCUT2D eigenvalue weighted by atomic mass is 10.0. The first-order chi connectivity index (χ1) is 8.41. The summed E-state index contributed by atoms with van der Waals surface area (Å²) in [4.78, 5) is 11.9. The van der Waals surface area contributed by atoms with Crippen LogP contribution in [0, 0.1) is 5.92 Å². The van der Waals surface area contributed by atoms with Crippen molar-refractivity contribution in [2.24, 2.45) is 5.92 Å². The van der Waals surface area contributed by atoms with Gasteiger partial charge in [0.25, 0.3) is 5.91 Å². The van der Waals surface area contributed by atoms with Crippen LogP contribution >= 0.6 is 0 Å². The molecule has 0 heterocycles. The Balaban J connectivity index is 2.62. The molecule has 0 saturated carbocycles. The second-order valence-corrected chi connectivity index (χ2v) is 5.09. The van der Waals surface area contributed by atoms with Crippen LogP contribution in [0.4, 0.5) is 5.69 Å². The van der Waals surface area contributed by atoms with Crippen LogP contribution in [0.25, 0.3) is 0 Å². The van der Waals surface area contributed by atoms with Gasteiger partial charge in [0.1, 0.15) is 0 Å². The first kappa shape index (κ1) is 14.4. The molecule has 0 saturated heterocycles. The fourth-order valence-corrected chi connectivity index (χ4v) is 1.70. The Morgan fingerprint density at radius 3 is 2.61 bits per heavy atom. The van der Waals surface area contributed by atoms with Crippen molar-refractivity contribution >= 4 is 11.6 Å². The first-order valence-corrected chi connectivity index (χ1v) is 6.30. The van der Waals surface area contributed by atoms with E-state index in [1.54, 1.807) is 18.2 Å². The maximum absolute atomic E-state index is 11.9. The van der Waals surface area contributed by atoms with Gasteiger partial charge < -0.3 is 16.2 Å². The maximum atomic E-state index is 11.9. The van der Waals surface area contributed by atoms with Gasteiger partial charge in [-0.2, -0.15) is 0 Å². The van der Waals surface area contributed by atoms with E-state index in [1.807, 2.05) is 6.92 Å². The molecule has 0 radical (unpaired) electrons. The predicted molar refractivity (Wildman–Crippen MR) is 73.5 cm³/mol. The minimum atomic E-state index is -0.281. The van der Waals surface area contributed by atoms with Gasteiger partial charge in [-0.25, -0.2) is 0 Å². The number of nitrogen functional groups attached to an aromatic ring is 1. The van der Waals surface area contributed by atoms with Crippen LogP contribution in [-0.2, 0) is 0 Å². The number of phenols is 1. The van der Waals surface area contributed by atoms with Crippen molar-refractivity contribution in [3.8, 4) is 5.75 Å². The van der Waals surface area contributed by atoms with Gasteiger partial charge in [0.15, 0.2) is 5.75 Å². The molecule has 1 unspecified atom stereocenters. The predicted octanol–water partition coefficient (Wildman–Crippen LogP) is 2.53. The van der Waals surface area contributed by atoms with E-state index in [0.717, 1.165) is 12.8 Å². The average molecular weight is 250 g/mol. The zero-order valence-electron chi connectivity index (χ0n) is 11.2. The number of aromatic hydroxyl groups is 1. The molecule has 1 aromatic rings. The monoisotopic (exact) mass is 250 g/mol. The van der Waals surface area contributed by atoms with Crippen molar-refractivity contribution in [3.63, 3.8) is 0 Å². The number of nitrogens with two attached hydrogens (primary N) is 1. The van der Waals surface area contributed by atoms with Crippen molar-refractivity contribution in [2.75, 3.05) is 5.73 Å². The summed E-state index contributed by atoms with van der Waals surface area (Å²) in [5.74, 6) is 0.187. The van der Waals surface area contributed by atoms with E-state index in [2.05, 4.69) is 19.2 Å². The summed E-state index contributed by atoms with van der Waals surface area (Å²) in [5, 5.41) is 12.6. The fourth-order valence-electron chi connectivity index (χ4n) is 1.70. The zero-order valence-corrected chi connectivity index (χ0v) is 11.2. The van der Waals surface area contributed by atoms with Crippen LogP contribution in [0.2, 0.25) is 0 Å². The van der Waals surface area contributed by atoms with Crippen molar-refractivity contribution in [3.05, 3.63) is 23.8 Å². The highest BCUT2D eigenvalue weighted by Crippen LogP contribution is 2.24. The molecule has 18 heavy (non-hydrogen) atoms. The molecule has 0 aliphatic rings. The zero-order chi connectivity index (χ0) is 13.7. The van der Waals surface area contributed by atoms with Crippen LogP contribution in [0.15, 0.2) is 18.2 Å². The third-order valence-corrected chi connectivity index (χ3v) is 2.87. The molecule has 1 rings (SSSR count). The lowest BCUT2D eigenvalue weighted by molar-refractivity contribution is 0.0934. The topological polar surface area (TPSA) is 75.4 Å². The summed E-state index contributed by atoms with van der Waals surface area (Å²) < 4.78 is 0. The number of hydrogen-bond donors (Lipinski definition) is 3. The standard InChI is InChI=1S/C14H22N2O2/c1-9(2)7-8-10(3)16-14(18)11-5-4-6-12(15)13(11)17/h4-6,9-10,17H,7-8,15H2,1-3H3,(H,16,18). The van der Waals surface area contributed by atoms with E-state index in [4.69, 9.17) is 5.73 Å². The Bertz CT molecular complexity index is 416. The number of carbonyl (C=O) groups is 1. The summed E-state index contributed by atoms with van der Waals surface area (Å²) in [7, 11) is 0. The molecule has 100 valence electrons.